The predicted molar refractivity (Wildman–Crippen MR) is 257 cm³/mol. The number of thiazole rings is 1. The van der Waals surface area contributed by atoms with E-state index >= 15 is 13.2 Å². The van der Waals surface area contributed by atoms with E-state index in [2.05, 4.69) is 25.4 Å². The number of carbonyl (C=O) groups excluding carboxylic acids is 3. The van der Waals surface area contributed by atoms with Gasteiger partial charge < -0.3 is 38.8 Å². The van der Waals surface area contributed by atoms with Crippen molar-refractivity contribution in [2.45, 2.75) is 109 Å². The Balaban J connectivity index is 1.17. The fraction of sp³-hybridized carbons (Fsp3) is 0.612. The number of aromatic nitrogens is 3. The molecule has 20 heteroatoms. The number of rotatable bonds is 6. The Hall–Kier alpha value is -4.86. The highest BCUT2D eigenvalue weighted by Crippen LogP contribution is 2.44. The fourth-order valence-corrected chi connectivity index (χ4v) is 11.8. The zero-order valence-corrected chi connectivity index (χ0v) is 41.4. The number of carbonyl (C=O) groups is 3. The number of alkyl halides is 3. The van der Waals surface area contributed by atoms with Crippen molar-refractivity contribution in [1.29, 1.82) is 0 Å². The summed E-state index contributed by atoms with van der Waals surface area (Å²) in [6, 6.07) is 5.08. The molecule has 69 heavy (non-hydrogen) atoms. The first kappa shape index (κ1) is 49.1. The number of hydrogen-bond acceptors (Lipinski definition) is 13. The van der Waals surface area contributed by atoms with Gasteiger partial charge in [-0.3, -0.25) is 24.5 Å². The molecule has 0 radical (unpaired) electrons. The highest BCUT2D eigenvalue weighted by molar-refractivity contribution is 7.10. The number of nitrogens with one attached hydrogen (secondary N) is 2. The van der Waals surface area contributed by atoms with E-state index in [0.717, 1.165) is 25.3 Å². The number of pyridine rings is 1. The van der Waals surface area contributed by atoms with E-state index in [1.165, 1.54) is 20.9 Å². The molecule has 4 aromatic rings. The molecular weight excluding hydrogens is 914 g/mol. The molecule has 4 fully saturated rings. The summed E-state index contributed by atoms with van der Waals surface area (Å²) in [5.41, 5.74) is 6.77. The maximum absolute atomic E-state index is 15.1. The van der Waals surface area contributed by atoms with Crippen LogP contribution in [-0.2, 0) is 43.2 Å². The van der Waals surface area contributed by atoms with Crippen molar-refractivity contribution in [3.63, 3.8) is 0 Å². The first-order chi connectivity index (χ1) is 32.9. The topological polar surface area (TPSA) is 150 Å². The molecule has 6 bridgehead atoms. The van der Waals surface area contributed by atoms with Crippen molar-refractivity contribution >= 4 is 45.8 Å². The lowest BCUT2D eigenvalue weighted by atomic mass is 9.84. The quantitative estimate of drug-likeness (QED) is 0.222. The number of hydrazine groups is 1. The van der Waals surface area contributed by atoms with Crippen molar-refractivity contribution in [3.8, 4) is 22.5 Å². The molecule has 8 heterocycles. The van der Waals surface area contributed by atoms with Gasteiger partial charge in [0.1, 0.15) is 18.6 Å². The predicted octanol–water partition coefficient (Wildman–Crippen LogP) is 5.88. The lowest BCUT2D eigenvalue weighted by Crippen LogP contribution is -2.64. The first-order valence-corrected chi connectivity index (χ1v) is 25.0. The number of halogens is 3. The molecule has 0 saturated carbocycles. The summed E-state index contributed by atoms with van der Waals surface area (Å²) < 4.78 is 64.3. The Morgan fingerprint density at radius 2 is 1.87 bits per heavy atom. The number of anilines is 1. The lowest BCUT2D eigenvalue weighted by Gasteiger charge is -2.44. The molecule has 2 N–H and O–H groups in total. The van der Waals surface area contributed by atoms with Crippen LogP contribution in [0.5, 0.6) is 0 Å². The number of cyclic esters (lactones) is 1. The van der Waals surface area contributed by atoms with Gasteiger partial charge in [-0.1, -0.05) is 19.9 Å². The first-order valence-electron chi connectivity index (χ1n) is 24.1. The minimum Gasteiger partial charge on any atom is -0.464 e. The molecule has 0 unspecified atom stereocenters. The van der Waals surface area contributed by atoms with Gasteiger partial charge in [-0.15, -0.1) is 11.3 Å². The third-order valence-electron chi connectivity index (χ3n) is 14.4. The van der Waals surface area contributed by atoms with Gasteiger partial charge in [0.15, 0.2) is 0 Å². The Bertz CT molecular complexity index is 2540. The molecule has 3 amide bonds. The maximum atomic E-state index is 15.1. The number of morpholine rings is 1. The number of benzene rings is 1. The zero-order chi connectivity index (χ0) is 48.9. The van der Waals surface area contributed by atoms with Crippen LogP contribution in [0.4, 0.5) is 23.7 Å². The third-order valence-corrected chi connectivity index (χ3v) is 15.2. The van der Waals surface area contributed by atoms with Crippen LogP contribution in [0.1, 0.15) is 69.8 Å². The molecule has 1 aromatic carbocycles. The number of urea groups is 1. The van der Waals surface area contributed by atoms with Gasteiger partial charge in [0.2, 0.25) is 0 Å². The molecule has 3 aromatic heterocycles. The van der Waals surface area contributed by atoms with E-state index in [4.69, 9.17) is 24.2 Å². The normalized spacial score (nSPS) is 25.8. The summed E-state index contributed by atoms with van der Waals surface area (Å²) in [6.45, 7) is 14.4. The molecule has 9 rings (SSSR count). The summed E-state index contributed by atoms with van der Waals surface area (Å²) >= 11 is 1.34. The van der Waals surface area contributed by atoms with Crippen molar-refractivity contribution in [3.05, 3.63) is 52.1 Å². The van der Waals surface area contributed by atoms with E-state index in [1.807, 2.05) is 59.2 Å². The van der Waals surface area contributed by atoms with Crippen LogP contribution in [0.25, 0.3) is 33.4 Å². The summed E-state index contributed by atoms with van der Waals surface area (Å²) in [5, 5.41) is 7.51. The summed E-state index contributed by atoms with van der Waals surface area (Å²) in [5.74, 6) is -0.949. The van der Waals surface area contributed by atoms with Gasteiger partial charge in [-0.25, -0.2) is 15.2 Å². The number of ether oxygens (including phenoxy) is 3. The number of fused-ring (bicyclic) bond motifs is 7. The van der Waals surface area contributed by atoms with Gasteiger partial charge in [-0.05, 0) is 70.8 Å². The Labute approximate surface area is 405 Å². The van der Waals surface area contributed by atoms with Gasteiger partial charge in [-0.2, -0.15) is 13.2 Å². The molecule has 4 saturated heterocycles. The van der Waals surface area contributed by atoms with Crippen molar-refractivity contribution in [2.24, 2.45) is 5.41 Å². The summed E-state index contributed by atoms with van der Waals surface area (Å²) in [4.78, 5) is 61.2. The average molecular weight is 979 g/mol. The average Bonchev–Trinajstić information content (AvgIpc) is 3.90. The highest BCUT2D eigenvalue weighted by Gasteiger charge is 2.40. The molecule has 16 nitrogen and oxygen atoms in total. The summed E-state index contributed by atoms with van der Waals surface area (Å²) in [7, 11) is 3.58. The maximum Gasteiger partial charge on any atom is 0.406 e. The number of amides is 3. The van der Waals surface area contributed by atoms with Crippen LogP contribution in [0.2, 0.25) is 0 Å². The largest absolute Gasteiger partial charge is 0.464 e. The molecule has 0 aliphatic carbocycles. The third kappa shape index (κ3) is 10.5. The van der Waals surface area contributed by atoms with Crippen molar-refractivity contribution in [1.82, 2.24) is 45.0 Å². The van der Waals surface area contributed by atoms with Crippen LogP contribution in [0, 0.1) is 5.41 Å². The number of nitrogens with zero attached hydrogens (tertiary/aromatic N) is 8. The van der Waals surface area contributed by atoms with Crippen molar-refractivity contribution < 1.29 is 41.8 Å². The number of methoxy groups -OCH3 is 1. The SMILES string of the molecule is CO[C@@H](C)c1ncc(N2CCN3CCOC[C@@H]3C2)cc1-c1c2c3cc(ccc3n1CC(F)(F)F)-c1csc(n1)C[C@H](NC(=O)N1[C@@H](C)CN(C)C[C@@H]1C)C(=O)N1CCC[C@H](N1)C(=O)OCC(C)(C)C2. The molecule has 374 valence electrons. The van der Waals surface area contributed by atoms with Gasteiger partial charge in [0.05, 0.1) is 65.9 Å². The van der Waals surface area contributed by atoms with E-state index < -0.39 is 48.2 Å². The molecule has 5 aliphatic rings. The standard InChI is InChI=1S/C49H65F3N10O6S/c1-29-22-57(6)23-30(2)62(29)47(65)55-39-19-42-54-40(26-69-42)32-10-11-41-35(17-32)37(20-48(4,5)28-68-46(64)38-9-8-12-61(56-38)45(39)63)44(60(41)27-49(50,51)52)36-18-33(21-53-43(36)31(3)66-7)59-14-13-58-15-16-67-25-34(58)24-59/h10-11,17-18,21,26,29-31,34,38-39,56H,8-9,12-16,19-20,22-25,27-28H2,1-7H3,(H,55,65)/t29-,30-,31-,34-,38-,39-/m0/s1. The van der Waals surface area contributed by atoms with Gasteiger partial charge in [0.25, 0.3) is 5.91 Å². The highest BCUT2D eigenvalue weighted by atomic mass is 32.1. The van der Waals surface area contributed by atoms with Crippen LogP contribution in [-0.4, -0.2) is 168 Å². The van der Waals surface area contributed by atoms with E-state index in [9.17, 15) is 14.4 Å². The molecule has 6 atom stereocenters. The number of piperazine rings is 2. The van der Waals surface area contributed by atoms with Crippen molar-refractivity contribution in [2.75, 3.05) is 84.7 Å². The number of likely N-dealkylation sites (N-methyl/N-ethyl adjacent to an activating group) is 1. The minimum absolute atomic E-state index is 0.0636. The number of hydrogen-bond donors (Lipinski definition) is 2. The lowest BCUT2D eigenvalue weighted by molar-refractivity contribution is -0.155. The molecular formula is C49H65F3N10O6S. The van der Waals surface area contributed by atoms with Gasteiger partial charge in [0, 0.05) is 104 Å². The monoisotopic (exact) mass is 978 g/mol. The smallest absolute Gasteiger partial charge is 0.406 e. The Morgan fingerprint density at radius 3 is 2.62 bits per heavy atom. The second-order valence-corrected chi connectivity index (χ2v) is 21.3. The molecule has 5 aliphatic heterocycles. The van der Waals surface area contributed by atoms with Crippen LogP contribution >= 0.6 is 11.3 Å². The van der Waals surface area contributed by atoms with E-state index in [-0.39, 0.29) is 43.6 Å². The molecule has 0 spiro atoms. The van der Waals surface area contributed by atoms with Crippen LogP contribution < -0.4 is 15.6 Å². The second kappa shape index (κ2) is 19.7. The van der Waals surface area contributed by atoms with E-state index in [0.29, 0.717) is 102 Å². The minimum atomic E-state index is -4.60. The zero-order valence-electron chi connectivity index (χ0n) is 40.6. The number of esters is 1. The second-order valence-electron chi connectivity index (χ2n) is 20.4. The Morgan fingerprint density at radius 1 is 1.09 bits per heavy atom. The fourth-order valence-electron chi connectivity index (χ4n) is 11.0. The Kier molecular flexibility index (Phi) is 14.1. The summed E-state index contributed by atoms with van der Waals surface area (Å²) in [6.07, 6.45) is -2.17. The van der Waals surface area contributed by atoms with Gasteiger partial charge >= 0.3 is 18.2 Å². The van der Waals surface area contributed by atoms with Crippen LogP contribution in [0.15, 0.2) is 35.8 Å². The van der Waals surface area contributed by atoms with Crippen LogP contribution in [0.3, 0.4) is 0 Å². The van der Waals surface area contributed by atoms with E-state index in [1.54, 1.807) is 30.3 Å².